The minimum Gasteiger partial charge on any atom is -0.367 e. The summed E-state index contributed by atoms with van der Waals surface area (Å²) in [5.74, 6) is -1.95. The van der Waals surface area contributed by atoms with Crippen molar-refractivity contribution in [1.29, 1.82) is 0 Å². The Morgan fingerprint density at radius 3 is 2.33 bits per heavy atom. The van der Waals surface area contributed by atoms with Crippen molar-refractivity contribution < 1.29 is 35.9 Å². The molecular formula is C30H39F6N5O2. The smallest absolute Gasteiger partial charge is 0.367 e. The number of amides is 2. The predicted molar refractivity (Wildman–Crippen MR) is 147 cm³/mol. The van der Waals surface area contributed by atoms with E-state index in [0.29, 0.717) is 19.4 Å². The van der Waals surface area contributed by atoms with E-state index >= 15 is 0 Å². The van der Waals surface area contributed by atoms with Gasteiger partial charge in [-0.3, -0.25) is 14.5 Å². The second kappa shape index (κ2) is 12.2. The lowest BCUT2D eigenvalue weighted by atomic mass is 9.93. The second-order valence-electron chi connectivity index (χ2n) is 12.4. The highest BCUT2D eigenvalue weighted by atomic mass is 19.4. The first-order chi connectivity index (χ1) is 20.2. The molecule has 0 saturated carbocycles. The third-order valence-electron chi connectivity index (χ3n) is 9.21. The van der Waals surface area contributed by atoms with Crippen molar-refractivity contribution in [3.05, 3.63) is 46.8 Å². The van der Waals surface area contributed by atoms with Gasteiger partial charge in [0.15, 0.2) is 0 Å². The van der Waals surface area contributed by atoms with Gasteiger partial charge in [-0.25, -0.2) is 0 Å². The van der Waals surface area contributed by atoms with Crippen molar-refractivity contribution in [2.45, 2.75) is 108 Å². The van der Waals surface area contributed by atoms with E-state index < -0.39 is 43.1 Å². The van der Waals surface area contributed by atoms with Gasteiger partial charge in [0.2, 0.25) is 11.8 Å². The monoisotopic (exact) mass is 615 g/mol. The largest absolute Gasteiger partial charge is 0.397 e. The van der Waals surface area contributed by atoms with E-state index in [-0.39, 0.29) is 37.4 Å². The number of alkyl halides is 6. The summed E-state index contributed by atoms with van der Waals surface area (Å²) >= 11 is 0. The van der Waals surface area contributed by atoms with Gasteiger partial charge in [0.05, 0.1) is 24.4 Å². The Bertz CT molecular complexity index is 1220. The van der Waals surface area contributed by atoms with Crippen LogP contribution in [0, 0.1) is 6.92 Å². The molecule has 0 spiro atoms. The summed E-state index contributed by atoms with van der Waals surface area (Å²) in [6.45, 7) is 4.97. The SMILES string of the molecule is Cc1cccc([C@H](CCN2C3CCC2CC(N2C4=C(CCN(C(=O)CC(F)(F)F)C4)N[C@@H]2C)C3)NC(=O)CC(F)(F)F)c1. The van der Waals surface area contributed by atoms with Crippen LogP contribution in [0.1, 0.15) is 75.5 Å². The van der Waals surface area contributed by atoms with Crippen LogP contribution in [0.5, 0.6) is 0 Å². The normalized spacial score (nSPS) is 26.8. The highest BCUT2D eigenvalue weighted by Gasteiger charge is 2.46. The lowest BCUT2D eigenvalue weighted by Gasteiger charge is -2.46. The molecule has 43 heavy (non-hydrogen) atoms. The van der Waals surface area contributed by atoms with Gasteiger partial charge < -0.3 is 20.4 Å². The average Bonchev–Trinajstić information content (AvgIpc) is 3.34. The summed E-state index contributed by atoms with van der Waals surface area (Å²) < 4.78 is 77.3. The lowest BCUT2D eigenvalue weighted by Crippen LogP contribution is -2.53. The third kappa shape index (κ3) is 7.58. The number of hydrogen-bond donors (Lipinski definition) is 2. The molecular weight excluding hydrogens is 576 g/mol. The first-order valence-electron chi connectivity index (χ1n) is 15.0. The summed E-state index contributed by atoms with van der Waals surface area (Å²) in [7, 11) is 0. The van der Waals surface area contributed by atoms with Gasteiger partial charge in [-0.2, -0.15) is 26.3 Å². The molecule has 5 rings (SSSR count). The number of rotatable bonds is 8. The molecule has 2 saturated heterocycles. The van der Waals surface area contributed by atoms with Crippen LogP contribution in [-0.4, -0.2) is 82.8 Å². The minimum atomic E-state index is -4.58. The van der Waals surface area contributed by atoms with Gasteiger partial charge in [-0.15, -0.1) is 0 Å². The fourth-order valence-corrected chi connectivity index (χ4v) is 7.48. The molecule has 13 heteroatoms. The Morgan fingerprint density at radius 1 is 1.02 bits per heavy atom. The van der Waals surface area contributed by atoms with Crippen molar-refractivity contribution in [2.24, 2.45) is 0 Å². The van der Waals surface area contributed by atoms with Crippen molar-refractivity contribution in [1.82, 2.24) is 25.3 Å². The highest BCUT2D eigenvalue weighted by molar-refractivity contribution is 5.77. The van der Waals surface area contributed by atoms with Crippen LogP contribution in [0.3, 0.4) is 0 Å². The summed E-state index contributed by atoms with van der Waals surface area (Å²) in [5.41, 5.74) is 3.63. The third-order valence-corrected chi connectivity index (χ3v) is 9.21. The van der Waals surface area contributed by atoms with E-state index in [0.717, 1.165) is 48.2 Å². The number of nitrogens with zero attached hydrogens (tertiary/aromatic N) is 3. The van der Waals surface area contributed by atoms with Crippen molar-refractivity contribution >= 4 is 11.8 Å². The van der Waals surface area contributed by atoms with E-state index in [1.165, 1.54) is 4.90 Å². The summed E-state index contributed by atoms with van der Waals surface area (Å²) in [6, 6.07) is 7.54. The van der Waals surface area contributed by atoms with Gasteiger partial charge in [-0.05, 0) is 51.5 Å². The van der Waals surface area contributed by atoms with Gasteiger partial charge in [0, 0.05) is 43.3 Å². The number of carbonyl (C=O) groups is 2. The maximum atomic E-state index is 12.9. The van der Waals surface area contributed by atoms with Crippen molar-refractivity contribution in [3.8, 4) is 0 Å². The Labute approximate surface area is 247 Å². The van der Waals surface area contributed by atoms with E-state index in [2.05, 4.69) is 20.4 Å². The Kier molecular flexibility index (Phi) is 8.93. The molecule has 1 aromatic rings. The van der Waals surface area contributed by atoms with E-state index in [1.54, 1.807) is 0 Å². The molecule has 2 amide bonds. The first-order valence-corrected chi connectivity index (χ1v) is 15.0. The molecule has 2 unspecified atom stereocenters. The molecule has 0 aromatic heterocycles. The van der Waals surface area contributed by atoms with Gasteiger partial charge >= 0.3 is 12.4 Å². The molecule has 2 fully saturated rings. The van der Waals surface area contributed by atoms with E-state index in [9.17, 15) is 35.9 Å². The number of carbonyl (C=O) groups excluding carboxylic acids is 2. The van der Waals surface area contributed by atoms with E-state index in [4.69, 9.17) is 0 Å². The first kappa shape index (κ1) is 31.5. The molecule has 4 heterocycles. The molecule has 2 N–H and O–H groups in total. The van der Waals surface area contributed by atoms with Crippen LogP contribution in [-0.2, 0) is 9.59 Å². The highest BCUT2D eigenvalue weighted by Crippen LogP contribution is 2.42. The fraction of sp³-hybridized carbons (Fsp3) is 0.667. The van der Waals surface area contributed by atoms with Crippen LogP contribution in [0.15, 0.2) is 35.7 Å². The van der Waals surface area contributed by atoms with Crippen molar-refractivity contribution in [2.75, 3.05) is 19.6 Å². The molecule has 4 aliphatic rings. The quantitative estimate of drug-likeness (QED) is 0.397. The number of benzene rings is 1. The number of piperidine rings is 1. The standard InChI is InChI=1S/C30H39F6N5O2/c1-18-4-3-5-20(12-18)24(38-27(42)15-29(31,32)33)9-11-40-21-6-7-22(40)14-23(13-21)41-19(2)37-25-8-10-39(17-26(25)41)28(43)16-30(34,35)36/h3-5,12,19,21-24,37H,6-11,13-17H2,1-2H3,(H,38,42)/t19-,21?,22?,23?,24-/m0/s1. The summed E-state index contributed by atoms with van der Waals surface area (Å²) in [6.07, 6.45) is -7.54. The molecule has 238 valence electrons. The topological polar surface area (TPSA) is 67.9 Å². The molecule has 1 aromatic carbocycles. The van der Waals surface area contributed by atoms with Crippen LogP contribution in [0.4, 0.5) is 26.3 Å². The number of hydrogen-bond acceptors (Lipinski definition) is 5. The number of fused-ring (bicyclic) bond motifs is 2. The molecule has 4 atom stereocenters. The maximum Gasteiger partial charge on any atom is 0.397 e. The Balaban J connectivity index is 1.24. The zero-order chi connectivity index (χ0) is 31.1. The second-order valence-corrected chi connectivity index (χ2v) is 12.4. The van der Waals surface area contributed by atoms with E-state index in [1.807, 2.05) is 38.1 Å². The van der Waals surface area contributed by atoms with Crippen LogP contribution in [0.25, 0.3) is 0 Å². The minimum absolute atomic E-state index is 0.0341. The number of aryl methyl sites for hydroxylation is 1. The Hall–Kier alpha value is -2.96. The lowest BCUT2D eigenvalue weighted by molar-refractivity contribution is -0.161. The maximum absolute atomic E-state index is 12.9. The molecule has 4 aliphatic heterocycles. The molecule has 2 bridgehead atoms. The number of nitrogens with one attached hydrogen (secondary N) is 2. The molecule has 0 radical (unpaired) electrons. The zero-order valence-electron chi connectivity index (χ0n) is 24.4. The van der Waals surface area contributed by atoms with Gasteiger partial charge in [-0.1, -0.05) is 29.8 Å². The van der Waals surface area contributed by atoms with Crippen LogP contribution >= 0.6 is 0 Å². The summed E-state index contributed by atoms with van der Waals surface area (Å²) in [5, 5.41) is 6.09. The van der Waals surface area contributed by atoms with Crippen LogP contribution < -0.4 is 10.6 Å². The van der Waals surface area contributed by atoms with Gasteiger partial charge in [0.25, 0.3) is 0 Å². The number of halogens is 6. The molecule has 0 aliphatic carbocycles. The molecule has 7 nitrogen and oxygen atoms in total. The van der Waals surface area contributed by atoms with Gasteiger partial charge in [0.1, 0.15) is 12.8 Å². The van der Waals surface area contributed by atoms with Crippen molar-refractivity contribution in [3.63, 3.8) is 0 Å². The van der Waals surface area contributed by atoms with Crippen LogP contribution in [0.2, 0.25) is 0 Å². The Morgan fingerprint density at radius 2 is 1.70 bits per heavy atom. The summed E-state index contributed by atoms with van der Waals surface area (Å²) in [4.78, 5) is 30.6. The average molecular weight is 616 g/mol. The fourth-order valence-electron chi connectivity index (χ4n) is 7.48. The zero-order valence-corrected chi connectivity index (χ0v) is 24.4. The predicted octanol–water partition coefficient (Wildman–Crippen LogP) is 5.14.